The predicted octanol–water partition coefficient (Wildman–Crippen LogP) is 2.50. The van der Waals surface area contributed by atoms with Crippen LogP contribution in [0.4, 0.5) is 0 Å². The summed E-state index contributed by atoms with van der Waals surface area (Å²) in [7, 11) is 0. The van der Waals surface area contributed by atoms with Crippen LogP contribution in [0.25, 0.3) is 0 Å². The number of ether oxygens (including phenoxy) is 1. The number of carbonyl (C=O) groups is 1. The number of hydrogen-bond acceptors (Lipinski definition) is 2. The van der Waals surface area contributed by atoms with Crippen molar-refractivity contribution in [2.45, 2.75) is 23.8 Å². The van der Waals surface area contributed by atoms with E-state index in [9.17, 15) is 4.79 Å². The number of hydrogen-bond donors (Lipinski definition) is 0. The van der Waals surface area contributed by atoms with E-state index in [1.807, 2.05) is 30.3 Å². The monoisotopic (exact) mass is 236 g/mol. The number of benzene rings is 1. The minimum Gasteiger partial charge on any atom is -0.375 e. The fourth-order valence-electron chi connectivity index (χ4n) is 2.74. The van der Waals surface area contributed by atoms with Crippen molar-refractivity contribution in [1.29, 1.82) is 0 Å². The number of halogens is 1. The summed E-state index contributed by atoms with van der Waals surface area (Å²) in [4.78, 5) is 11.2. The minimum absolute atomic E-state index is 0.0199. The largest absolute Gasteiger partial charge is 0.375 e. The maximum atomic E-state index is 12.1. The van der Waals surface area contributed by atoms with Crippen LogP contribution in [-0.2, 0) is 14.4 Å². The lowest BCUT2D eigenvalue weighted by Crippen LogP contribution is -2.64. The molecule has 0 unspecified atom stereocenters. The van der Waals surface area contributed by atoms with Crippen LogP contribution in [0, 0.1) is 5.92 Å². The molecule has 1 saturated heterocycles. The third-order valence-electron chi connectivity index (χ3n) is 3.60. The van der Waals surface area contributed by atoms with Gasteiger partial charge in [0, 0.05) is 12.5 Å². The summed E-state index contributed by atoms with van der Waals surface area (Å²) in [5, 5.41) is 0. The Morgan fingerprint density at radius 2 is 2.06 bits per heavy atom. The Hall–Kier alpha value is -0.860. The Balaban J connectivity index is 1.97. The Morgan fingerprint density at radius 1 is 1.31 bits per heavy atom. The number of fused-ring (bicyclic) bond motifs is 1. The van der Waals surface area contributed by atoms with Crippen LogP contribution in [0.3, 0.4) is 0 Å². The Kier molecular flexibility index (Phi) is 2.30. The quantitative estimate of drug-likeness (QED) is 0.701. The fourth-order valence-corrected chi connectivity index (χ4v) is 3.22. The van der Waals surface area contributed by atoms with E-state index in [2.05, 4.69) is 0 Å². The normalized spacial score (nSPS) is 37.7. The molecule has 0 bridgehead atoms. The van der Waals surface area contributed by atoms with Gasteiger partial charge in [0.25, 0.3) is 0 Å². The molecule has 1 heterocycles. The third-order valence-corrected chi connectivity index (χ3v) is 4.22. The highest BCUT2D eigenvalue weighted by Gasteiger charge is 2.63. The van der Waals surface area contributed by atoms with Gasteiger partial charge in [0.2, 0.25) is 0 Å². The van der Waals surface area contributed by atoms with Crippen LogP contribution in [0.1, 0.15) is 18.4 Å². The molecule has 2 aliphatic rings. The van der Waals surface area contributed by atoms with Crippen molar-refractivity contribution in [1.82, 2.24) is 0 Å². The molecule has 2 nitrogen and oxygen atoms in total. The van der Waals surface area contributed by atoms with E-state index in [0.29, 0.717) is 0 Å². The molecule has 0 radical (unpaired) electrons. The minimum atomic E-state index is -0.924. The second-order valence-electron chi connectivity index (χ2n) is 4.48. The van der Waals surface area contributed by atoms with Crippen molar-refractivity contribution in [3.63, 3.8) is 0 Å². The maximum Gasteiger partial charge on any atom is 0.166 e. The molecule has 0 spiro atoms. The highest BCUT2D eigenvalue weighted by molar-refractivity contribution is 6.38. The first-order valence-corrected chi connectivity index (χ1v) is 6.03. The summed E-state index contributed by atoms with van der Waals surface area (Å²) < 4.78 is 5.66. The summed E-state index contributed by atoms with van der Waals surface area (Å²) in [6, 6.07) is 9.54. The zero-order chi connectivity index (χ0) is 11.2. The average Bonchev–Trinajstić information content (AvgIpc) is 2.38. The van der Waals surface area contributed by atoms with Gasteiger partial charge in [-0.3, -0.25) is 4.79 Å². The van der Waals surface area contributed by atoms with Crippen LogP contribution in [0.15, 0.2) is 30.3 Å². The molecule has 3 heteroatoms. The van der Waals surface area contributed by atoms with E-state index in [4.69, 9.17) is 16.3 Å². The molecular weight excluding hydrogens is 224 g/mol. The van der Waals surface area contributed by atoms with Gasteiger partial charge in [-0.1, -0.05) is 30.3 Å². The van der Waals surface area contributed by atoms with E-state index >= 15 is 0 Å². The Bertz CT molecular complexity index is 417. The van der Waals surface area contributed by atoms with Gasteiger partial charge in [0.15, 0.2) is 10.7 Å². The molecule has 1 aliphatic carbocycles. The Labute approximate surface area is 99.6 Å². The number of Topliss-reactive ketones (excluding diaryl/α,β-unsaturated/α-hetero) is 1. The van der Waals surface area contributed by atoms with E-state index < -0.39 is 4.87 Å². The molecule has 1 aromatic rings. The van der Waals surface area contributed by atoms with Gasteiger partial charge >= 0.3 is 0 Å². The van der Waals surface area contributed by atoms with Gasteiger partial charge in [-0.15, -0.1) is 11.6 Å². The summed E-state index contributed by atoms with van der Waals surface area (Å²) in [6.07, 6.45) is 1.76. The highest BCUT2D eigenvalue weighted by atomic mass is 35.5. The molecule has 84 valence electrons. The standard InChI is InChI=1S/C13H13ClO2/c14-13(9-5-2-1-3-6-9)11(15)10-7-4-8-16-12(10)13/h1-3,5-6,10,12H,4,7-8H2/t10-,12-,13-/m0/s1. The lowest BCUT2D eigenvalue weighted by molar-refractivity contribution is -0.163. The summed E-state index contributed by atoms with van der Waals surface area (Å²) in [5.74, 6) is 0.150. The van der Waals surface area contributed by atoms with E-state index in [-0.39, 0.29) is 17.8 Å². The molecule has 0 aromatic heterocycles. The SMILES string of the molecule is O=C1[C@@H]2CCCO[C@@H]2[C@]1(Cl)c1ccccc1. The van der Waals surface area contributed by atoms with Gasteiger partial charge in [0.05, 0.1) is 6.10 Å². The topological polar surface area (TPSA) is 26.3 Å². The van der Waals surface area contributed by atoms with Crippen LogP contribution >= 0.6 is 11.6 Å². The molecule has 0 N–H and O–H groups in total. The zero-order valence-electron chi connectivity index (χ0n) is 8.86. The number of carbonyl (C=O) groups excluding carboxylic acids is 1. The Morgan fingerprint density at radius 3 is 2.81 bits per heavy atom. The zero-order valence-corrected chi connectivity index (χ0v) is 9.61. The van der Waals surface area contributed by atoms with Crippen molar-refractivity contribution in [3.05, 3.63) is 35.9 Å². The fraction of sp³-hybridized carbons (Fsp3) is 0.462. The molecule has 1 aliphatic heterocycles. The highest BCUT2D eigenvalue weighted by Crippen LogP contribution is 2.52. The maximum absolute atomic E-state index is 12.1. The first-order valence-electron chi connectivity index (χ1n) is 5.65. The summed E-state index contributed by atoms with van der Waals surface area (Å²) in [6.45, 7) is 0.718. The van der Waals surface area contributed by atoms with Gasteiger partial charge in [-0.25, -0.2) is 0 Å². The third kappa shape index (κ3) is 1.20. The van der Waals surface area contributed by atoms with Crippen molar-refractivity contribution in [2.24, 2.45) is 5.92 Å². The molecule has 0 amide bonds. The second kappa shape index (κ2) is 3.57. The van der Waals surface area contributed by atoms with Crippen molar-refractivity contribution >= 4 is 17.4 Å². The van der Waals surface area contributed by atoms with E-state index in [0.717, 1.165) is 25.0 Å². The first kappa shape index (κ1) is 10.3. The predicted molar refractivity (Wildman–Crippen MR) is 61.4 cm³/mol. The molecule has 3 rings (SSSR count). The number of rotatable bonds is 1. The van der Waals surface area contributed by atoms with Crippen LogP contribution in [0.5, 0.6) is 0 Å². The van der Waals surface area contributed by atoms with Crippen molar-refractivity contribution < 1.29 is 9.53 Å². The smallest absolute Gasteiger partial charge is 0.166 e. The van der Waals surface area contributed by atoms with E-state index in [1.165, 1.54) is 0 Å². The van der Waals surface area contributed by atoms with E-state index in [1.54, 1.807) is 0 Å². The lowest BCUT2D eigenvalue weighted by atomic mass is 9.64. The van der Waals surface area contributed by atoms with Gasteiger partial charge < -0.3 is 4.74 Å². The summed E-state index contributed by atoms with van der Waals surface area (Å²) in [5.41, 5.74) is 0.866. The van der Waals surface area contributed by atoms with Crippen LogP contribution in [-0.4, -0.2) is 18.5 Å². The van der Waals surface area contributed by atoms with Gasteiger partial charge in [-0.05, 0) is 18.4 Å². The second-order valence-corrected chi connectivity index (χ2v) is 5.08. The molecular formula is C13H13ClO2. The van der Waals surface area contributed by atoms with Crippen molar-refractivity contribution in [2.75, 3.05) is 6.61 Å². The lowest BCUT2D eigenvalue weighted by Gasteiger charge is -2.51. The summed E-state index contributed by atoms with van der Waals surface area (Å²) >= 11 is 6.48. The number of alkyl halides is 1. The first-order chi connectivity index (χ1) is 7.74. The number of ketones is 1. The molecule has 16 heavy (non-hydrogen) atoms. The average molecular weight is 237 g/mol. The van der Waals surface area contributed by atoms with Crippen molar-refractivity contribution in [3.8, 4) is 0 Å². The molecule has 3 atom stereocenters. The van der Waals surface area contributed by atoms with Crippen LogP contribution < -0.4 is 0 Å². The molecule has 1 saturated carbocycles. The van der Waals surface area contributed by atoms with Crippen LogP contribution in [0.2, 0.25) is 0 Å². The molecule has 2 fully saturated rings. The van der Waals surface area contributed by atoms with Gasteiger partial charge in [-0.2, -0.15) is 0 Å². The van der Waals surface area contributed by atoms with Gasteiger partial charge in [0.1, 0.15) is 0 Å². The molecule has 1 aromatic carbocycles.